The molecule has 84 valence electrons. The highest BCUT2D eigenvalue weighted by Crippen LogP contribution is 2.24. The van der Waals surface area contributed by atoms with Crippen LogP contribution in [0.5, 0.6) is 0 Å². The monoisotopic (exact) mass is 209 g/mol. The second-order valence-electron chi connectivity index (χ2n) is 4.34. The van der Waals surface area contributed by atoms with Gasteiger partial charge in [0.15, 0.2) is 0 Å². The molecule has 15 heavy (non-hydrogen) atoms. The fraction of sp³-hybridized carbons (Fsp3) is 0.727. The van der Waals surface area contributed by atoms with E-state index in [1.807, 2.05) is 12.3 Å². The summed E-state index contributed by atoms with van der Waals surface area (Å²) in [6.45, 7) is 2.29. The van der Waals surface area contributed by atoms with E-state index in [0.717, 1.165) is 12.5 Å². The van der Waals surface area contributed by atoms with Gasteiger partial charge in [-0.2, -0.15) is 5.10 Å². The van der Waals surface area contributed by atoms with E-state index in [0.29, 0.717) is 13.1 Å². The Balaban J connectivity index is 1.57. The predicted octanol–water partition coefficient (Wildman–Crippen LogP) is 0.634. The Kier molecular flexibility index (Phi) is 3.75. The fourth-order valence-electron chi connectivity index (χ4n) is 1.84. The maximum atomic E-state index is 9.70. The second-order valence-corrected chi connectivity index (χ2v) is 4.34. The number of aliphatic hydroxyl groups is 1. The van der Waals surface area contributed by atoms with Crippen LogP contribution in [0.1, 0.15) is 19.3 Å². The molecule has 1 unspecified atom stereocenters. The van der Waals surface area contributed by atoms with Crippen molar-refractivity contribution in [2.24, 2.45) is 5.92 Å². The molecule has 1 saturated carbocycles. The number of hydrogen-bond acceptors (Lipinski definition) is 3. The average Bonchev–Trinajstić information content (AvgIpc) is 2.62. The molecule has 1 aromatic rings. The van der Waals surface area contributed by atoms with Crippen LogP contribution in [0.2, 0.25) is 0 Å². The van der Waals surface area contributed by atoms with E-state index in [4.69, 9.17) is 0 Å². The Morgan fingerprint density at radius 3 is 3.00 bits per heavy atom. The normalized spacial score (nSPS) is 18.7. The van der Waals surface area contributed by atoms with Crippen LogP contribution in [0.25, 0.3) is 0 Å². The Labute approximate surface area is 90.3 Å². The molecule has 0 saturated heterocycles. The first-order valence-corrected chi connectivity index (χ1v) is 5.71. The van der Waals surface area contributed by atoms with Crippen LogP contribution in [0.4, 0.5) is 0 Å². The molecule has 1 aromatic heterocycles. The molecule has 0 aliphatic heterocycles. The van der Waals surface area contributed by atoms with E-state index in [-0.39, 0.29) is 6.10 Å². The summed E-state index contributed by atoms with van der Waals surface area (Å²) in [5.41, 5.74) is 0. The predicted molar refractivity (Wildman–Crippen MR) is 58.4 cm³/mol. The third-order valence-corrected chi connectivity index (χ3v) is 2.99. The number of aromatic nitrogens is 2. The minimum Gasteiger partial charge on any atom is -0.390 e. The van der Waals surface area contributed by atoms with Crippen molar-refractivity contribution in [1.29, 1.82) is 0 Å². The van der Waals surface area contributed by atoms with Crippen molar-refractivity contribution >= 4 is 0 Å². The smallest absolute Gasteiger partial charge is 0.0860 e. The fourth-order valence-corrected chi connectivity index (χ4v) is 1.84. The van der Waals surface area contributed by atoms with Crippen molar-refractivity contribution in [3.8, 4) is 0 Å². The van der Waals surface area contributed by atoms with Crippen molar-refractivity contribution in [2.45, 2.75) is 31.9 Å². The third-order valence-electron chi connectivity index (χ3n) is 2.99. The number of nitrogens with zero attached hydrogens (tertiary/aromatic N) is 2. The van der Waals surface area contributed by atoms with E-state index in [9.17, 15) is 5.11 Å². The van der Waals surface area contributed by atoms with Gasteiger partial charge in [-0.15, -0.1) is 0 Å². The molecule has 0 bridgehead atoms. The topological polar surface area (TPSA) is 50.1 Å². The van der Waals surface area contributed by atoms with Gasteiger partial charge in [0.1, 0.15) is 0 Å². The molecule has 0 aromatic carbocycles. The quantitative estimate of drug-likeness (QED) is 0.722. The van der Waals surface area contributed by atoms with Gasteiger partial charge in [0, 0.05) is 18.9 Å². The summed E-state index contributed by atoms with van der Waals surface area (Å²) in [5.74, 6) is 0.849. The van der Waals surface area contributed by atoms with E-state index < -0.39 is 0 Å². The number of aliphatic hydroxyl groups excluding tert-OH is 1. The highest BCUT2D eigenvalue weighted by Gasteiger charge is 2.16. The van der Waals surface area contributed by atoms with Crippen LogP contribution in [0, 0.1) is 5.92 Å². The zero-order valence-corrected chi connectivity index (χ0v) is 8.97. The lowest BCUT2D eigenvalue weighted by Crippen LogP contribution is -2.35. The second kappa shape index (κ2) is 5.28. The third kappa shape index (κ3) is 3.32. The summed E-state index contributed by atoms with van der Waals surface area (Å²) in [6, 6.07) is 1.87. The summed E-state index contributed by atoms with van der Waals surface area (Å²) in [6.07, 6.45) is 7.33. The number of nitrogens with one attached hydrogen (secondary N) is 1. The first-order chi connectivity index (χ1) is 7.34. The lowest BCUT2D eigenvalue weighted by molar-refractivity contribution is 0.142. The standard InChI is InChI=1S/C11H19N3O/c15-11(9-14-6-2-5-13-14)8-12-7-10-3-1-4-10/h2,5-6,10-12,15H,1,3-4,7-9H2. The summed E-state index contributed by atoms with van der Waals surface area (Å²) >= 11 is 0. The van der Waals surface area contributed by atoms with Crippen molar-refractivity contribution in [3.05, 3.63) is 18.5 Å². The van der Waals surface area contributed by atoms with Crippen LogP contribution in [0.15, 0.2) is 18.5 Å². The minimum absolute atomic E-state index is 0.343. The van der Waals surface area contributed by atoms with Gasteiger partial charge in [0.2, 0.25) is 0 Å². The largest absolute Gasteiger partial charge is 0.390 e. The van der Waals surface area contributed by atoms with Crippen LogP contribution in [-0.2, 0) is 6.54 Å². The molecule has 1 aliphatic rings. The van der Waals surface area contributed by atoms with Gasteiger partial charge in [-0.05, 0) is 31.4 Å². The average molecular weight is 209 g/mol. The summed E-state index contributed by atoms with van der Waals surface area (Å²) in [7, 11) is 0. The summed E-state index contributed by atoms with van der Waals surface area (Å²) in [4.78, 5) is 0. The first-order valence-electron chi connectivity index (χ1n) is 5.71. The Hall–Kier alpha value is -0.870. The summed E-state index contributed by atoms with van der Waals surface area (Å²) < 4.78 is 1.76. The van der Waals surface area contributed by atoms with Gasteiger partial charge >= 0.3 is 0 Å². The van der Waals surface area contributed by atoms with E-state index in [2.05, 4.69) is 10.4 Å². The minimum atomic E-state index is -0.343. The molecule has 1 atom stereocenters. The Bertz CT molecular complexity index is 269. The molecule has 0 spiro atoms. The van der Waals surface area contributed by atoms with Gasteiger partial charge in [-0.25, -0.2) is 0 Å². The van der Waals surface area contributed by atoms with Gasteiger partial charge in [-0.1, -0.05) is 6.42 Å². The molecular formula is C11H19N3O. The highest BCUT2D eigenvalue weighted by atomic mass is 16.3. The SMILES string of the molecule is OC(CNCC1CCC1)Cn1cccn1. The number of rotatable bonds is 6. The van der Waals surface area contributed by atoms with Crippen molar-refractivity contribution in [1.82, 2.24) is 15.1 Å². The zero-order chi connectivity index (χ0) is 10.5. The molecule has 4 heteroatoms. The highest BCUT2D eigenvalue weighted by molar-refractivity contribution is 4.79. The summed E-state index contributed by atoms with van der Waals surface area (Å²) in [5, 5.41) is 17.1. The zero-order valence-electron chi connectivity index (χ0n) is 8.97. The molecule has 2 N–H and O–H groups in total. The van der Waals surface area contributed by atoms with Crippen LogP contribution in [-0.4, -0.2) is 34.1 Å². The molecule has 2 rings (SSSR count). The Morgan fingerprint density at radius 2 is 2.40 bits per heavy atom. The van der Waals surface area contributed by atoms with Gasteiger partial charge in [0.25, 0.3) is 0 Å². The van der Waals surface area contributed by atoms with Gasteiger partial charge in [0.05, 0.1) is 12.6 Å². The van der Waals surface area contributed by atoms with E-state index in [1.54, 1.807) is 10.9 Å². The van der Waals surface area contributed by atoms with Crippen molar-refractivity contribution < 1.29 is 5.11 Å². The molecular weight excluding hydrogens is 190 g/mol. The lowest BCUT2D eigenvalue weighted by atomic mass is 9.85. The maximum absolute atomic E-state index is 9.70. The van der Waals surface area contributed by atoms with Crippen molar-refractivity contribution in [2.75, 3.05) is 13.1 Å². The van der Waals surface area contributed by atoms with Gasteiger partial charge in [-0.3, -0.25) is 4.68 Å². The van der Waals surface area contributed by atoms with Crippen LogP contribution in [0.3, 0.4) is 0 Å². The van der Waals surface area contributed by atoms with Crippen molar-refractivity contribution in [3.63, 3.8) is 0 Å². The van der Waals surface area contributed by atoms with Crippen LogP contribution < -0.4 is 5.32 Å². The lowest BCUT2D eigenvalue weighted by Gasteiger charge is -2.26. The molecule has 1 aliphatic carbocycles. The van der Waals surface area contributed by atoms with Crippen LogP contribution >= 0.6 is 0 Å². The maximum Gasteiger partial charge on any atom is 0.0860 e. The van der Waals surface area contributed by atoms with Gasteiger partial charge < -0.3 is 10.4 Å². The first kappa shape index (κ1) is 10.6. The molecule has 0 amide bonds. The molecule has 4 nitrogen and oxygen atoms in total. The number of hydrogen-bond donors (Lipinski definition) is 2. The Morgan fingerprint density at radius 1 is 1.53 bits per heavy atom. The molecule has 0 radical (unpaired) electrons. The van der Waals surface area contributed by atoms with E-state index in [1.165, 1.54) is 19.3 Å². The van der Waals surface area contributed by atoms with E-state index >= 15 is 0 Å². The molecule has 1 fully saturated rings. The molecule has 1 heterocycles.